The second kappa shape index (κ2) is 12.7. The number of unbranched alkanes of at least 4 members (excludes halogenated alkanes) is 3. The normalized spacial score (nSPS) is 19.7. The first-order chi connectivity index (χ1) is 16.0. The summed E-state index contributed by atoms with van der Waals surface area (Å²) in [5.41, 5.74) is 1.03. The van der Waals surface area contributed by atoms with E-state index in [-0.39, 0.29) is 10.3 Å². The molecule has 1 fully saturated rings. The first-order valence-electron chi connectivity index (χ1n) is 12.7. The number of hydrogen-bond donors (Lipinski definition) is 0. The Kier molecular flexibility index (Phi) is 10.3. The van der Waals surface area contributed by atoms with E-state index in [1.807, 2.05) is 52.8 Å². The van der Waals surface area contributed by atoms with Crippen molar-refractivity contribution >= 4 is 28.4 Å². The monoisotopic (exact) mass is 579 g/mol. The summed E-state index contributed by atoms with van der Waals surface area (Å²) in [6, 6.07) is 18.8. The number of benzene rings is 2. The average Bonchev–Trinajstić information content (AvgIpc) is 3.32. The Hall–Kier alpha value is -0.891. The Morgan fingerprint density at radius 1 is 0.818 bits per heavy atom. The van der Waals surface area contributed by atoms with Gasteiger partial charge in [0.15, 0.2) is 0 Å². The van der Waals surface area contributed by atoms with Crippen LogP contribution in [0.5, 0.6) is 0 Å². The van der Waals surface area contributed by atoms with Crippen LogP contribution in [0.3, 0.4) is 0 Å². The SMILES string of the molecule is CCC[CH2][Sn]([CH2]CCC)([CH2]CCC)[C@H]1OC[C@@H](c2ccccc2)N1S(=O)(=O)c1ccccc1. The molecule has 0 radical (unpaired) electrons. The molecule has 1 saturated heterocycles. The summed E-state index contributed by atoms with van der Waals surface area (Å²) in [6.45, 7) is 7.19. The standard InChI is InChI=1S/C15H14NO3S.3C4H9.Sn/c17-20(18,14-9-5-2-6-10-14)16-12-19-11-15(16)13-7-3-1-4-8-13;3*1-3-4-2;/h1-10,12,15H,11H2;3*1,3-4H2,2H3;/t15-;;;;/m0..../s1. The van der Waals surface area contributed by atoms with E-state index in [1.54, 1.807) is 12.1 Å². The molecule has 1 aliphatic heterocycles. The fraction of sp³-hybridized carbons (Fsp3) is 0.556. The average molecular weight is 578 g/mol. The van der Waals surface area contributed by atoms with Crippen molar-refractivity contribution in [1.29, 1.82) is 0 Å². The van der Waals surface area contributed by atoms with Crippen molar-refractivity contribution < 1.29 is 13.2 Å². The molecule has 0 aliphatic carbocycles. The molecule has 2 aromatic carbocycles. The van der Waals surface area contributed by atoms with Gasteiger partial charge in [0, 0.05) is 0 Å². The molecule has 33 heavy (non-hydrogen) atoms. The first-order valence-corrected chi connectivity index (χ1v) is 21.9. The Labute approximate surface area is 205 Å². The summed E-state index contributed by atoms with van der Waals surface area (Å²) >= 11 is -3.06. The van der Waals surface area contributed by atoms with Crippen LogP contribution in [0.25, 0.3) is 0 Å². The number of sulfonamides is 1. The third-order valence-electron chi connectivity index (χ3n) is 7.06. The van der Waals surface area contributed by atoms with Crippen LogP contribution in [0.2, 0.25) is 13.3 Å². The van der Waals surface area contributed by atoms with Crippen molar-refractivity contribution in [2.24, 2.45) is 0 Å². The third kappa shape index (κ3) is 6.22. The van der Waals surface area contributed by atoms with Gasteiger partial charge in [-0.3, -0.25) is 0 Å². The molecule has 1 aliphatic rings. The van der Waals surface area contributed by atoms with Crippen LogP contribution >= 0.6 is 0 Å². The maximum atomic E-state index is 14.2. The van der Waals surface area contributed by atoms with Crippen LogP contribution in [0.1, 0.15) is 70.9 Å². The predicted octanol–water partition coefficient (Wildman–Crippen LogP) is 7.16. The van der Waals surface area contributed by atoms with Crippen LogP contribution in [0.15, 0.2) is 65.6 Å². The molecule has 4 nitrogen and oxygen atoms in total. The first kappa shape index (κ1) is 26.7. The van der Waals surface area contributed by atoms with Crippen LogP contribution in [-0.4, -0.2) is 42.0 Å². The van der Waals surface area contributed by atoms with Gasteiger partial charge in [-0.05, 0) is 0 Å². The van der Waals surface area contributed by atoms with Crippen molar-refractivity contribution in [2.75, 3.05) is 6.61 Å². The summed E-state index contributed by atoms with van der Waals surface area (Å²) in [4.78, 5) is 0.378. The predicted molar refractivity (Wildman–Crippen MR) is 139 cm³/mol. The van der Waals surface area contributed by atoms with E-state index in [0.29, 0.717) is 11.5 Å². The third-order valence-corrected chi connectivity index (χ3v) is 25.3. The van der Waals surface area contributed by atoms with Gasteiger partial charge in [0.2, 0.25) is 0 Å². The molecule has 0 N–H and O–H groups in total. The van der Waals surface area contributed by atoms with E-state index in [0.717, 1.165) is 24.8 Å². The van der Waals surface area contributed by atoms with Gasteiger partial charge in [0.1, 0.15) is 0 Å². The molecule has 1 heterocycles. The van der Waals surface area contributed by atoms with Crippen LogP contribution in [0, 0.1) is 0 Å². The summed E-state index contributed by atoms with van der Waals surface area (Å²) < 4.78 is 40.2. The molecule has 0 bridgehead atoms. The van der Waals surface area contributed by atoms with Crippen molar-refractivity contribution in [2.45, 2.75) is 87.8 Å². The minimum atomic E-state index is -3.68. The molecule has 2 atom stereocenters. The molecule has 0 unspecified atom stereocenters. The van der Waals surface area contributed by atoms with Gasteiger partial charge in [-0.2, -0.15) is 0 Å². The molecule has 0 amide bonds. The zero-order valence-electron chi connectivity index (χ0n) is 20.6. The van der Waals surface area contributed by atoms with Crippen LogP contribution in [0.4, 0.5) is 0 Å². The van der Waals surface area contributed by atoms with Crippen molar-refractivity contribution in [1.82, 2.24) is 4.31 Å². The molecule has 0 spiro atoms. The fourth-order valence-corrected chi connectivity index (χ4v) is 26.1. The van der Waals surface area contributed by atoms with Gasteiger partial charge < -0.3 is 0 Å². The minimum absolute atomic E-state index is 0.237. The van der Waals surface area contributed by atoms with Gasteiger partial charge in [-0.25, -0.2) is 0 Å². The van der Waals surface area contributed by atoms with Crippen molar-refractivity contribution in [3.63, 3.8) is 0 Å². The Balaban J connectivity index is 2.12. The van der Waals surface area contributed by atoms with E-state index >= 15 is 0 Å². The number of nitrogens with zero attached hydrogens (tertiary/aromatic N) is 1. The Morgan fingerprint density at radius 2 is 1.30 bits per heavy atom. The molecule has 6 heteroatoms. The number of rotatable bonds is 13. The van der Waals surface area contributed by atoms with Gasteiger partial charge in [-0.1, -0.05) is 0 Å². The molecule has 182 valence electrons. The molecular weight excluding hydrogens is 537 g/mol. The summed E-state index contributed by atoms with van der Waals surface area (Å²) in [7, 11) is -3.68. The molecule has 2 aromatic rings. The topological polar surface area (TPSA) is 46.6 Å². The fourth-order valence-electron chi connectivity index (χ4n) is 5.20. The van der Waals surface area contributed by atoms with Crippen molar-refractivity contribution in [3.05, 3.63) is 66.2 Å². The molecule has 0 saturated carbocycles. The molecule has 0 aromatic heterocycles. The second-order valence-corrected chi connectivity index (χ2v) is 24.7. The van der Waals surface area contributed by atoms with Crippen LogP contribution in [-0.2, 0) is 14.8 Å². The van der Waals surface area contributed by atoms with Gasteiger partial charge in [0.25, 0.3) is 0 Å². The zero-order valence-corrected chi connectivity index (χ0v) is 24.3. The van der Waals surface area contributed by atoms with E-state index < -0.39 is 28.4 Å². The van der Waals surface area contributed by atoms with Gasteiger partial charge >= 0.3 is 206 Å². The summed E-state index contributed by atoms with van der Waals surface area (Å²) in [5, 5.41) is 0. The van der Waals surface area contributed by atoms with E-state index in [2.05, 4.69) is 20.8 Å². The summed E-state index contributed by atoms with van der Waals surface area (Å²) in [6.07, 6.45) is 6.99. The van der Waals surface area contributed by atoms with E-state index in [4.69, 9.17) is 4.74 Å². The number of hydrogen-bond acceptors (Lipinski definition) is 3. The number of ether oxygens (including phenoxy) is 1. The van der Waals surface area contributed by atoms with Gasteiger partial charge in [-0.15, -0.1) is 0 Å². The summed E-state index contributed by atoms with van der Waals surface area (Å²) in [5.74, 6) is 0. The van der Waals surface area contributed by atoms with Crippen LogP contribution < -0.4 is 0 Å². The zero-order chi connectivity index (χ0) is 23.7. The molecular formula is C27H41NO3SSn. The maximum absolute atomic E-state index is 14.2. The van der Waals surface area contributed by atoms with E-state index in [1.165, 1.54) is 32.6 Å². The van der Waals surface area contributed by atoms with Crippen molar-refractivity contribution in [3.8, 4) is 0 Å². The van der Waals surface area contributed by atoms with Gasteiger partial charge in [0.05, 0.1) is 0 Å². The van der Waals surface area contributed by atoms with E-state index in [9.17, 15) is 8.42 Å². The Morgan fingerprint density at radius 3 is 1.79 bits per heavy atom. The molecule has 3 rings (SSSR count). The Bertz CT molecular complexity index is 915. The second-order valence-electron chi connectivity index (χ2n) is 9.43. The quantitative estimate of drug-likeness (QED) is 0.237.